The Balaban J connectivity index is 1.80. The van der Waals surface area contributed by atoms with Crippen LogP contribution in [0.5, 0.6) is 0 Å². The Morgan fingerprint density at radius 2 is 2.10 bits per heavy atom. The van der Waals surface area contributed by atoms with Crippen LogP contribution in [0.4, 0.5) is 0 Å². The van der Waals surface area contributed by atoms with Crippen molar-refractivity contribution < 1.29 is 13.2 Å². The van der Waals surface area contributed by atoms with Gasteiger partial charge in [-0.2, -0.15) is 5.10 Å². The van der Waals surface area contributed by atoms with E-state index in [1.54, 1.807) is 19.3 Å². The van der Waals surface area contributed by atoms with Gasteiger partial charge in [-0.15, -0.1) is 0 Å². The number of hydrogen-bond acceptors (Lipinski definition) is 4. The molecule has 1 saturated heterocycles. The van der Waals surface area contributed by atoms with E-state index in [0.717, 1.165) is 12.8 Å². The highest BCUT2D eigenvalue weighted by Gasteiger charge is 2.25. The summed E-state index contributed by atoms with van der Waals surface area (Å²) in [7, 11) is -1.37. The first-order valence-corrected chi connectivity index (χ1v) is 8.44. The number of nitrogens with one attached hydrogen (secondary N) is 1. The molecule has 20 heavy (non-hydrogen) atoms. The third-order valence-electron chi connectivity index (χ3n) is 3.65. The Hall–Kier alpha value is -1.41. The fourth-order valence-corrected chi connectivity index (χ4v) is 3.24. The summed E-state index contributed by atoms with van der Waals surface area (Å²) in [6.07, 6.45) is 4.37. The van der Waals surface area contributed by atoms with Crippen LogP contribution in [0.25, 0.3) is 0 Å². The molecule has 7 nitrogen and oxygen atoms in total. The zero-order valence-electron chi connectivity index (χ0n) is 11.7. The van der Waals surface area contributed by atoms with Crippen molar-refractivity contribution in [1.29, 1.82) is 0 Å². The summed E-state index contributed by atoms with van der Waals surface area (Å²) >= 11 is 0. The molecule has 8 heteroatoms. The van der Waals surface area contributed by atoms with E-state index in [1.807, 2.05) is 0 Å². The Labute approximate surface area is 119 Å². The van der Waals surface area contributed by atoms with Crippen molar-refractivity contribution in [3.63, 3.8) is 0 Å². The lowest BCUT2D eigenvalue weighted by Crippen LogP contribution is -2.41. The predicted octanol–water partition coefficient (Wildman–Crippen LogP) is -0.178. The van der Waals surface area contributed by atoms with Crippen LogP contribution in [0.2, 0.25) is 0 Å². The van der Waals surface area contributed by atoms with Gasteiger partial charge in [-0.3, -0.25) is 9.48 Å². The maximum atomic E-state index is 11.9. The van der Waals surface area contributed by atoms with Gasteiger partial charge >= 0.3 is 0 Å². The van der Waals surface area contributed by atoms with Crippen LogP contribution in [-0.2, 0) is 17.1 Å². The average molecular weight is 300 g/mol. The van der Waals surface area contributed by atoms with Crippen LogP contribution in [0.1, 0.15) is 23.3 Å². The van der Waals surface area contributed by atoms with Crippen LogP contribution in [0.15, 0.2) is 12.3 Å². The maximum absolute atomic E-state index is 11.9. The second-order valence-electron chi connectivity index (χ2n) is 5.16. The van der Waals surface area contributed by atoms with Crippen molar-refractivity contribution in [1.82, 2.24) is 19.4 Å². The maximum Gasteiger partial charge on any atom is 0.269 e. The smallest absolute Gasteiger partial charge is 0.269 e. The Bertz CT molecular complexity index is 573. The molecule has 0 bridgehead atoms. The van der Waals surface area contributed by atoms with E-state index in [4.69, 9.17) is 0 Å². The van der Waals surface area contributed by atoms with Gasteiger partial charge in [0.05, 0.1) is 6.26 Å². The molecule has 0 atom stereocenters. The van der Waals surface area contributed by atoms with Crippen molar-refractivity contribution in [2.24, 2.45) is 13.0 Å². The highest BCUT2D eigenvalue weighted by atomic mass is 32.2. The molecule has 1 amide bonds. The zero-order valence-corrected chi connectivity index (χ0v) is 12.6. The van der Waals surface area contributed by atoms with E-state index >= 15 is 0 Å². The van der Waals surface area contributed by atoms with E-state index in [1.165, 1.54) is 15.2 Å². The Kier molecular flexibility index (Phi) is 4.44. The van der Waals surface area contributed by atoms with E-state index in [0.29, 0.717) is 31.2 Å². The molecule has 112 valence electrons. The quantitative estimate of drug-likeness (QED) is 0.836. The van der Waals surface area contributed by atoms with Crippen LogP contribution in [0, 0.1) is 5.92 Å². The lowest BCUT2D eigenvalue weighted by atomic mass is 9.98. The van der Waals surface area contributed by atoms with Gasteiger partial charge in [0.25, 0.3) is 5.91 Å². The standard InChI is InChI=1S/C12H20N4O3S/c1-15-11(3-6-14-15)12(17)13-9-10-4-7-16(8-5-10)20(2,18)19/h3,6,10H,4-5,7-9H2,1-2H3,(H,13,17). The molecule has 0 aromatic carbocycles. The van der Waals surface area contributed by atoms with Gasteiger partial charge in [0.2, 0.25) is 10.0 Å². The minimum absolute atomic E-state index is 0.143. The molecule has 0 unspecified atom stereocenters. The molecule has 1 N–H and O–H groups in total. The number of carbonyl (C=O) groups is 1. The fourth-order valence-electron chi connectivity index (χ4n) is 2.37. The van der Waals surface area contributed by atoms with Crippen molar-refractivity contribution in [3.8, 4) is 0 Å². The molecule has 1 fully saturated rings. The van der Waals surface area contributed by atoms with Gasteiger partial charge in [0, 0.05) is 32.9 Å². The minimum Gasteiger partial charge on any atom is -0.350 e. The van der Waals surface area contributed by atoms with Crippen molar-refractivity contribution in [2.45, 2.75) is 12.8 Å². The number of rotatable bonds is 4. The molecule has 0 aliphatic carbocycles. The van der Waals surface area contributed by atoms with Crippen molar-refractivity contribution in [2.75, 3.05) is 25.9 Å². The number of aryl methyl sites for hydroxylation is 1. The normalized spacial score (nSPS) is 18.1. The Morgan fingerprint density at radius 3 is 2.60 bits per heavy atom. The third-order valence-corrected chi connectivity index (χ3v) is 4.95. The summed E-state index contributed by atoms with van der Waals surface area (Å²) in [5, 5.41) is 6.83. The summed E-state index contributed by atoms with van der Waals surface area (Å²) < 4.78 is 25.8. The SMILES string of the molecule is Cn1nccc1C(=O)NCC1CCN(S(C)(=O)=O)CC1. The number of aromatic nitrogens is 2. The lowest BCUT2D eigenvalue weighted by Gasteiger charge is -2.30. The minimum atomic E-state index is -3.09. The van der Waals surface area contributed by atoms with Crippen LogP contribution in [0.3, 0.4) is 0 Å². The third kappa shape index (κ3) is 3.57. The molecule has 2 heterocycles. The zero-order chi connectivity index (χ0) is 14.8. The molecule has 1 aromatic rings. The number of carbonyl (C=O) groups excluding carboxylic acids is 1. The second kappa shape index (κ2) is 5.92. The summed E-state index contributed by atoms with van der Waals surface area (Å²) in [5.74, 6) is 0.181. The lowest BCUT2D eigenvalue weighted by molar-refractivity contribution is 0.0932. The molecular formula is C12H20N4O3S. The summed E-state index contributed by atoms with van der Waals surface area (Å²) in [4.78, 5) is 11.9. The van der Waals surface area contributed by atoms with E-state index in [9.17, 15) is 13.2 Å². The highest BCUT2D eigenvalue weighted by Crippen LogP contribution is 2.18. The largest absolute Gasteiger partial charge is 0.350 e. The van der Waals surface area contributed by atoms with Crippen molar-refractivity contribution in [3.05, 3.63) is 18.0 Å². The molecule has 0 saturated carbocycles. The molecule has 1 aliphatic rings. The highest BCUT2D eigenvalue weighted by molar-refractivity contribution is 7.88. The molecule has 0 radical (unpaired) electrons. The predicted molar refractivity (Wildman–Crippen MR) is 74.7 cm³/mol. The van der Waals surface area contributed by atoms with E-state index in [-0.39, 0.29) is 5.91 Å². The van der Waals surface area contributed by atoms with E-state index in [2.05, 4.69) is 10.4 Å². The van der Waals surface area contributed by atoms with Gasteiger partial charge in [-0.1, -0.05) is 0 Å². The number of nitrogens with zero attached hydrogens (tertiary/aromatic N) is 3. The van der Waals surface area contributed by atoms with Gasteiger partial charge in [-0.05, 0) is 24.8 Å². The van der Waals surface area contributed by atoms with Gasteiger partial charge < -0.3 is 5.32 Å². The first-order chi connectivity index (χ1) is 9.38. The number of sulfonamides is 1. The average Bonchev–Trinajstić information content (AvgIpc) is 2.82. The molecular weight excluding hydrogens is 280 g/mol. The van der Waals surface area contributed by atoms with Crippen molar-refractivity contribution >= 4 is 15.9 Å². The number of piperidine rings is 1. The first kappa shape index (κ1) is 15.0. The van der Waals surface area contributed by atoms with Crippen LogP contribution >= 0.6 is 0 Å². The summed E-state index contributed by atoms with van der Waals surface area (Å²) in [5.41, 5.74) is 0.526. The molecule has 1 aliphatic heterocycles. The van der Waals surface area contributed by atoms with Gasteiger partial charge in [0.15, 0.2) is 0 Å². The molecule has 0 spiro atoms. The molecule has 1 aromatic heterocycles. The van der Waals surface area contributed by atoms with Gasteiger partial charge in [0.1, 0.15) is 5.69 Å². The first-order valence-electron chi connectivity index (χ1n) is 6.59. The summed E-state index contributed by atoms with van der Waals surface area (Å²) in [6.45, 7) is 1.64. The second-order valence-corrected chi connectivity index (χ2v) is 7.14. The van der Waals surface area contributed by atoms with Crippen LogP contribution < -0.4 is 5.32 Å². The fraction of sp³-hybridized carbons (Fsp3) is 0.667. The number of hydrogen-bond donors (Lipinski definition) is 1. The van der Waals surface area contributed by atoms with Crippen LogP contribution in [-0.4, -0.2) is 54.3 Å². The van der Waals surface area contributed by atoms with E-state index < -0.39 is 10.0 Å². The molecule has 2 rings (SSSR count). The summed E-state index contributed by atoms with van der Waals surface area (Å²) in [6, 6.07) is 1.67. The topological polar surface area (TPSA) is 84.3 Å². The number of amides is 1. The monoisotopic (exact) mass is 300 g/mol. The Morgan fingerprint density at radius 1 is 1.45 bits per heavy atom. The van der Waals surface area contributed by atoms with Gasteiger partial charge in [-0.25, -0.2) is 12.7 Å².